The molecule has 5 nitrogen and oxygen atoms in total. The van der Waals surface area contributed by atoms with Gasteiger partial charge in [-0.1, -0.05) is 23.2 Å². The Balaban J connectivity index is 2.44. The summed E-state index contributed by atoms with van der Waals surface area (Å²) in [6.07, 6.45) is 0. The van der Waals surface area contributed by atoms with Crippen LogP contribution in [0.1, 0.15) is 31.1 Å². The van der Waals surface area contributed by atoms with Gasteiger partial charge in [0.25, 0.3) is 15.9 Å². The van der Waals surface area contributed by atoms with Crippen LogP contribution in [-0.4, -0.2) is 26.9 Å². The molecule has 0 saturated heterocycles. The summed E-state index contributed by atoms with van der Waals surface area (Å²) in [6.45, 7) is 5.52. The highest BCUT2D eigenvalue weighted by Gasteiger charge is 2.26. The second kappa shape index (κ2) is 7.47. The molecule has 0 heterocycles. The minimum atomic E-state index is -3.96. The van der Waals surface area contributed by atoms with Crippen molar-refractivity contribution in [3.63, 3.8) is 0 Å². The van der Waals surface area contributed by atoms with E-state index < -0.39 is 15.6 Å². The molecule has 140 valence electrons. The Kier molecular flexibility index (Phi) is 5.90. The molecule has 1 N–H and O–H groups in total. The summed E-state index contributed by atoms with van der Waals surface area (Å²) in [5, 5.41) is 3.33. The van der Waals surface area contributed by atoms with E-state index in [2.05, 4.69) is 5.32 Å². The lowest BCUT2D eigenvalue weighted by Gasteiger charge is -2.22. The molecular formula is C18H20Cl2N2O3S. The number of nitrogens with zero attached hydrogens (tertiary/aromatic N) is 1. The SMILES string of the molecule is CN(c1ccc(Cl)cc1)S(=O)(=O)c1cc(C(=O)NC(C)(C)C)ccc1Cl. The van der Waals surface area contributed by atoms with Gasteiger partial charge < -0.3 is 5.32 Å². The molecule has 0 saturated carbocycles. The molecule has 0 fully saturated rings. The van der Waals surface area contributed by atoms with Crippen LogP contribution in [0.25, 0.3) is 0 Å². The van der Waals surface area contributed by atoms with E-state index in [1.807, 2.05) is 20.8 Å². The van der Waals surface area contributed by atoms with E-state index >= 15 is 0 Å². The normalized spacial score (nSPS) is 11.9. The number of amides is 1. The third kappa shape index (κ3) is 4.69. The number of rotatable bonds is 4. The first-order chi connectivity index (χ1) is 11.9. The van der Waals surface area contributed by atoms with Crippen LogP contribution in [-0.2, 0) is 10.0 Å². The van der Waals surface area contributed by atoms with Crippen LogP contribution in [0.3, 0.4) is 0 Å². The topological polar surface area (TPSA) is 66.5 Å². The molecule has 0 aromatic heterocycles. The van der Waals surface area contributed by atoms with Gasteiger partial charge in [-0.25, -0.2) is 8.42 Å². The third-order valence-electron chi connectivity index (χ3n) is 3.51. The summed E-state index contributed by atoms with van der Waals surface area (Å²) in [5.41, 5.74) is 0.193. The Morgan fingerprint density at radius 3 is 2.15 bits per heavy atom. The van der Waals surface area contributed by atoms with Crippen LogP contribution >= 0.6 is 23.2 Å². The number of hydrogen-bond acceptors (Lipinski definition) is 3. The van der Waals surface area contributed by atoms with E-state index in [0.717, 1.165) is 4.31 Å². The molecule has 0 spiro atoms. The summed E-state index contributed by atoms with van der Waals surface area (Å²) in [4.78, 5) is 12.2. The maximum atomic E-state index is 13.0. The summed E-state index contributed by atoms with van der Waals surface area (Å²) in [7, 11) is -2.54. The van der Waals surface area contributed by atoms with Gasteiger partial charge in [-0.15, -0.1) is 0 Å². The lowest BCUT2D eigenvalue weighted by molar-refractivity contribution is 0.0919. The van der Waals surface area contributed by atoms with E-state index in [4.69, 9.17) is 23.2 Å². The van der Waals surface area contributed by atoms with Crippen LogP contribution in [0, 0.1) is 0 Å². The molecule has 0 unspecified atom stereocenters. The van der Waals surface area contributed by atoms with Crippen molar-refractivity contribution in [1.29, 1.82) is 0 Å². The van der Waals surface area contributed by atoms with E-state index in [0.29, 0.717) is 10.7 Å². The molecule has 0 aliphatic rings. The average Bonchev–Trinajstić information content (AvgIpc) is 2.53. The van der Waals surface area contributed by atoms with Crippen molar-refractivity contribution in [1.82, 2.24) is 5.32 Å². The molecule has 2 aromatic carbocycles. The molecule has 0 aliphatic carbocycles. The smallest absolute Gasteiger partial charge is 0.265 e. The number of hydrogen-bond donors (Lipinski definition) is 1. The molecule has 26 heavy (non-hydrogen) atoms. The third-order valence-corrected chi connectivity index (χ3v) is 6.03. The second-order valence-corrected chi connectivity index (χ2v) is 9.58. The number of anilines is 1. The van der Waals surface area contributed by atoms with Crippen LogP contribution in [0.15, 0.2) is 47.4 Å². The van der Waals surface area contributed by atoms with Gasteiger partial charge in [-0.05, 0) is 63.2 Å². The number of benzene rings is 2. The van der Waals surface area contributed by atoms with Crippen molar-refractivity contribution < 1.29 is 13.2 Å². The zero-order valence-electron chi connectivity index (χ0n) is 14.9. The summed E-state index contributed by atoms with van der Waals surface area (Å²) in [6, 6.07) is 10.5. The Hall–Kier alpha value is -1.76. The Bertz CT molecular complexity index is 920. The number of nitrogens with one attached hydrogen (secondary N) is 1. The van der Waals surface area contributed by atoms with Gasteiger partial charge in [0.1, 0.15) is 4.90 Å². The van der Waals surface area contributed by atoms with Crippen LogP contribution in [0.2, 0.25) is 10.0 Å². The van der Waals surface area contributed by atoms with Crippen LogP contribution < -0.4 is 9.62 Å². The van der Waals surface area contributed by atoms with Gasteiger partial charge in [0.05, 0.1) is 10.7 Å². The van der Waals surface area contributed by atoms with Gasteiger partial charge in [0.2, 0.25) is 0 Å². The minimum absolute atomic E-state index is 0.0399. The first-order valence-electron chi connectivity index (χ1n) is 7.78. The van der Waals surface area contributed by atoms with Gasteiger partial charge in [-0.3, -0.25) is 9.10 Å². The molecule has 1 amide bonds. The molecule has 2 aromatic rings. The highest BCUT2D eigenvalue weighted by atomic mass is 35.5. The molecule has 0 bridgehead atoms. The fourth-order valence-corrected chi connectivity index (χ4v) is 4.01. The standard InChI is InChI=1S/C18H20Cl2N2O3S/c1-18(2,3)21-17(23)12-5-10-15(20)16(11-12)26(24,25)22(4)14-8-6-13(19)7-9-14/h5-11H,1-4H3,(H,21,23). The molecule has 0 aliphatic heterocycles. The van der Waals surface area contributed by atoms with Gasteiger partial charge >= 0.3 is 0 Å². The fourth-order valence-electron chi connectivity index (χ4n) is 2.19. The van der Waals surface area contributed by atoms with Crippen molar-refractivity contribution in [3.8, 4) is 0 Å². The first-order valence-corrected chi connectivity index (χ1v) is 9.98. The van der Waals surface area contributed by atoms with E-state index in [-0.39, 0.29) is 21.4 Å². The number of halogens is 2. The first kappa shape index (κ1) is 20.6. The molecule has 8 heteroatoms. The largest absolute Gasteiger partial charge is 0.347 e. The lowest BCUT2D eigenvalue weighted by Crippen LogP contribution is -2.40. The maximum absolute atomic E-state index is 13.0. The maximum Gasteiger partial charge on any atom is 0.265 e. The summed E-state index contributed by atoms with van der Waals surface area (Å²) >= 11 is 12.0. The van der Waals surface area contributed by atoms with E-state index in [1.165, 1.54) is 25.2 Å². The van der Waals surface area contributed by atoms with Crippen molar-refractivity contribution in [3.05, 3.63) is 58.1 Å². The Morgan fingerprint density at radius 1 is 1.04 bits per heavy atom. The molecular weight excluding hydrogens is 395 g/mol. The van der Waals surface area contributed by atoms with Crippen molar-refractivity contribution in [2.24, 2.45) is 0 Å². The fraction of sp³-hybridized carbons (Fsp3) is 0.278. The quantitative estimate of drug-likeness (QED) is 0.808. The Labute approximate surface area is 164 Å². The highest BCUT2D eigenvalue weighted by molar-refractivity contribution is 7.93. The number of sulfonamides is 1. The van der Waals surface area contributed by atoms with Gasteiger partial charge in [0, 0.05) is 23.2 Å². The average molecular weight is 415 g/mol. The predicted octanol–water partition coefficient (Wildman–Crippen LogP) is 4.35. The van der Waals surface area contributed by atoms with Gasteiger partial charge in [0.15, 0.2) is 0 Å². The van der Waals surface area contributed by atoms with E-state index in [1.54, 1.807) is 24.3 Å². The number of carbonyl (C=O) groups is 1. The molecule has 0 atom stereocenters. The van der Waals surface area contributed by atoms with Gasteiger partial charge in [-0.2, -0.15) is 0 Å². The zero-order valence-corrected chi connectivity index (χ0v) is 17.2. The number of carbonyl (C=O) groups excluding carboxylic acids is 1. The lowest BCUT2D eigenvalue weighted by atomic mass is 10.1. The molecule has 0 radical (unpaired) electrons. The van der Waals surface area contributed by atoms with Crippen LogP contribution in [0.4, 0.5) is 5.69 Å². The Morgan fingerprint density at radius 2 is 1.62 bits per heavy atom. The van der Waals surface area contributed by atoms with Crippen molar-refractivity contribution >= 4 is 44.8 Å². The molecule has 2 rings (SSSR count). The zero-order chi connectivity index (χ0) is 19.7. The highest BCUT2D eigenvalue weighted by Crippen LogP contribution is 2.29. The summed E-state index contributed by atoms with van der Waals surface area (Å²) in [5.74, 6) is -0.375. The van der Waals surface area contributed by atoms with Crippen LogP contribution in [0.5, 0.6) is 0 Å². The minimum Gasteiger partial charge on any atom is -0.347 e. The monoisotopic (exact) mass is 414 g/mol. The summed E-state index contributed by atoms with van der Waals surface area (Å²) < 4.78 is 27.0. The second-order valence-electron chi connectivity index (χ2n) is 6.80. The predicted molar refractivity (Wildman–Crippen MR) is 106 cm³/mol. The van der Waals surface area contributed by atoms with Crippen molar-refractivity contribution in [2.45, 2.75) is 31.2 Å². The van der Waals surface area contributed by atoms with Crippen molar-refractivity contribution in [2.75, 3.05) is 11.4 Å². The van der Waals surface area contributed by atoms with E-state index in [9.17, 15) is 13.2 Å².